The first-order valence-corrected chi connectivity index (χ1v) is 6.56. The van der Waals surface area contributed by atoms with Crippen LogP contribution in [0.2, 0.25) is 0 Å². The van der Waals surface area contributed by atoms with Crippen LogP contribution in [0.4, 0.5) is 5.82 Å². The zero-order valence-electron chi connectivity index (χ0n) is 11.6. The maximum absolute atomic E-state index is 12.1. The molecule has 5 N–H and O–H groups in total. The lowest BCUT2D eigenvalue weighted by atomic mass is 10.2. The van der Waals surface area contributed by atoms with E-state index in [9.17, 15) is 9.59 Å². The van der Waals surface area contributed by atoms with Gasteiger partial charge in [0.15, 0.2) is 0 Å². The van der Waals surface area contributed by atoms with Crippen molar-refractivity contribution in [3.63, 3.8) is 0 Å². The van der Waals surface area contributed by atoms with E-state index in [2.05, 4.69) is 21.0 Å². The Morgan fingerprint density at radius 3 is 2.70 bits per heavy atom. The van der Waals surface area contributed by atoms with E-state index < -0.39 is 6.04 Å². The van der Waals surface area contributed by atoms with Crippen LogP contribution in [0.15, 0.2) is 12.1 Å². The van der Waals surface area contributed by atoms with Crippen LogP contribution in [0.1, 0.15) is 35.8 Å². The van der Waals surface area contributed by atoms with Crippen LogP contribution in [0, 0.1) is 6.92 Å². The van der Waals surface area contributed by atoms with Crippen molar-refractivity contribution in [3.8, 4) is 0 Å². The highest BCUT2D eigenvalue weighted by Crippen LogP contribution is 2.18. The van der Waals surface area contributed by atoms with Gasteiger partial charge in [0.25, 0.3) is 5.91 Å². The predicted octanol–water partition coefficient (Wildman–Crippen LogP) is 0.0725. The predicted molar refractivity (Wildman–Crippen MR) is 74.9 cm³/mol. The highest BCUT2D eigenvalue weighted by atomic mass is 16.2. The zero-order chi connectivity index (χ0) is 14.7. The number of carbonyl (C=O) groups is 2. The van der Waals surface area contributed by atoms with Crippen molar-refractivity contribution < 1.29 is 9.59 Å². The van der Waals surface area contributed by atoms with Crippen LogP contribution in [0.5, 0.6) is 0 Å². The quantitative estimate of drug-likeness (QED) is 0.450. The summed E-state index contributed by atoms with van der Waals surface area (Å²) in [7, 11) is 0. The van der Waals surface area contributed by atoms with Gasteiger partial charge in [-0.25, -0.2) is 10.8 Å². The number of nitrogens with two attached hydrogens (primary N) is 1. The maximum Gasteiger partial charge on any atom is 0.252 e. The second-order valence-corrected chi connectivity index (χ2v) is 5.00. The van der Waals surface area contributed by atoms with E-state index in [1.165, 1.54) is 6.07 Å². The first-order valence-electron chi connectivity index (χ1n) is 6.56. The minimum atomic E-state index is -0.578. The molecule has 1 fully saturated rings. The zero-order valence-corrected chi connectivity index (χ0v) is 11.6. The first-order chi connectivity index (χ1) is 9.49. The van der Waals surface area contributed by atoms with Gasteiger partial charge in [-0.2, -0.15) is 0 Å². The fourth-order valence-corrected chi connectivity index (χ4v) is 1.77. The van der Waals surface area contributed by atoms with Gasteiger partial charge in [-0.1, -0.05) is 0 Å². The molecule has 1 aliphatic carbocycles. The monoisotopic (exact) mass is 277 g/mol. The molecule has 0 aromatic carbocycles. The summed E-state index contributed by atoms with van der Waals surface area (Å²) in [4.78, 5) is 28.0. The molecule has 7 nitrogen and oxygen atoms in total. The molecule has 7 heteroatoms. The molecule has 0 spiro atoms. The number of nitrogen functional groups attached to an aromatic ring is 1. The number of nitrogens with zero attached hydrogens (tertiary/aromatic N) is 1. The molecular weight excluding hydrogens is 258 g/mol. The third kappa shape index (κ3) is 3.67. The van der Waals surface area contributed by atoms with E-state index in [0.29, 0.717) is 17.1 Å². The molecular formula is C13H19N5O2. The van der Waals surface area contributed by atoms with Gasteiger partial charge in [-0.15, -0.1) is 0 Å². The number of anilines is 1. The summed E-state index contributed by atoms with van der Waals surface area (Å²) in [5.41, 5.74) is 3.48. The van der Waals surface area contributed by atoms with Crippen LogP contribution in [0.3, 0.4) is 0 Å². The fourth-order valence-electron chi connectivity index (χ4n) is 1.77. The van der Waals surface area contributed by atoms with Crippen molar-refractivity contribution in [2.75, 3.05) is 5.43 Å². The van der Waals surface area contributed by atoms with Gasteiger partial charge in [0.1, 0.15) is 11.9 Å². The number of rotatable bonds is 5. The summed E-state index contributed by atoms with van der Waals surface area (Å²) in [6.07, 6.45) is 2.03. The Bertz CT molecular complexity index is 527. The molecule has 108 valence electrons. The number of pyridine rings is 1. The third-order valence-electron chi connectivity index (χ3n) is 3.03. The van der Waals surface area contributed by atoms with E-state index in [1.54, 1.807) is 19.9 Å². The molecule has 1 aliphatic rings. The van der Waals surface area contributed by atoms with Crippen LogP contribution in [-0.4, -0.2) is 28.9 Å². The number of amides is 2. The van der Waals surface area contributed by atoms with E-state index >= 15 is 0 Å². The van der Waals surface area contributed by atoms with E-state index in [-0.39, 0.29) is 17.9 Å². The average Bonchev–Trinajstić information content (AvgIpc) is 3.21. The Hall–Kier alpha value is -2.15. The second kappa shape index (κ2) is 5.87. The van der Waals surface area contributed by atoms with Crippen molar-refractivity contribution in [1.29, 1.82) is 0 Å². The average molecular weight is 277 g/mol. The fraction of sp³-hybridized carbons (Fsp3) is 0.462. The Morgan fingerprint density at radius 1 is 1.40 bits per heavy atom. The molecule has 20 heavy (non-hydrogen) atoms. The number of hydrogen-bond donors (Lipinski definition) is 4. The Labute approximate surface area is 117 Å². The molecule has 2 rings (SSSR count). The van der Waals surface area contributed by atoms with Crippen LogP contribution >= 0.6 is 0 Å². The normalized spacial score (nSPS) is 15.3. The lowest BCUT2D eigenvalue weighted by molar-refractivity contribution is -0.122. The number of aryl methyl sites for hydroxylation is 1. The molecule has 0 bridgehead atoms. The number of nitrogens with one attached hydrogen (secondary N) is 3. The molecule has 1 aromatic rings. The molecule has 0 radical (unpaired) electrons. The van der Waals surface area contributed by atoms with Crippen molar-refractivity contribution in [3.05, 3.63) is 23.4 Å². The molecule has 1 aromatic heterocycles. The molecule has 1 atom stereocenters. The van der Waals surface area contributed by atoms with Crippen LogP contribution < -0.4 is 21.9 Å². The molecule has 2 amide bonds. The Kier molecular flexibility index (Phi) is 4.19. The van der Waals surface area contributed by atoms with Crippen molar-refractivity contribution in [1.82, 2.24) is 15.6 Å². The maximum atomic E-state index is 12.1. The second-order valence-electron chi connectivity index (χ2n) is 5.00. The van der Waals surface area contributed by atoms with Gasteiger partial charge in [0.05, 0.1) is 0 Å². The topological polar surface area (TPSA) is 109 Å². The minimum absolute atomic E-state index is 0.163. The Morgan fingerprint density at radius 2 is 2.10 bits per heavy atom. The van der Waals surface area contributed by atoms with E-state index in [1.807, 2.05) is 0 Å². The number of carbonyl (C=O) groups excluding carboxylic acids is 2. The summed E-state index contributed by atoms with van der Waals surface area (Å²) in [6.45, 7) is 3.42. The smallest absolute Gasteiger partial charge is 0.252 e. The van der Waals surface area contributed by atoms with Crippen molar-refractivity contribution in [2.45, 2.75) is 38.8 Å². The number of hydrazine groups is 1. The summed E-state index contributed by atoms with van der Waals surface area (Å²) in [5.74, 6) is 5.21. The van der Waals surface area contributed by atoms with Gasteiger partial charge in [-0.05, 0) is 38.8 Å². The minimum Gasteiger partial charge on any atom is -0.352 e. The summed E-state index contributed by atoms with van der Waals surface area (Å²) < 4.78 is 0. The molecule has 1 saturated carbocycles. The van der Waals surface area contributed by atoms with Crippen molar-refractivity contribution in [2.24, 2.45) is 5.84 Å². The lowest BCUT2D eigenvalue weighted by Gasteiger charge is -2.14. The van der Waals surface area contributed by atoms with Gasteiger partial charge in [-0.3, -0.25) is 9.59 Å². The lowest BCUT2D eigenvalue weighted by Crippen LogP contribution is -2.45. The first kappa shape index (κ1) is 14.3. The highest BCUT2D eigenvalue weighted by Gasteiger charge is 2.26. The summed E-state index contributed by atoms with van der Waals surface area (Å²) >= 11 is 0. The van der Waals surface area contributed by atoms with Crippen LogP contribution in [-0.2, 0) is 4.79 Å². The summed E-state index contributed by atoms with van der Waals surface area (Å²) in [5, 5.41) is 5.51. The van der Waals surface area contributed by atoms with Gasteiger partial charge >= 0.3 is 0 Å². The standard InChI is InChI=1S/C13H19N5O2/c1-7-5-9(6-11(15-7)18-14)13(20)16-8(2)12(19)17-10-3-4-10/h5-6,8,10H,3-4,14H2,1-2H3,(H,15,18)(H,16,20)(H,17,19). The van der Waals surface area contributed by atoms with Gasteiger partial charge in [0, 0.05) is 17.3 Å². The largest absolute Gasteiger partial charge is 0.352 e. The third-order valence-corrected chi connectivity index (χ3v) is 3.03. The van der Waals surface area contributed by atoms with Crippen LogP contribution in [0.25, 0.3) is 0 Å². The van der Waals surface area contributed by atoms with Crippen molar-refractivity contribution >= 4 is 17.6 Å². The highest BCUT2D eigenvalue weighted by molar-refractivity contribution is 5.98. The molecule has 1 heterocycles. The molecule has 0 saturated heterocycles. The SMILES string of the molecule is Cc1cc(C(=O)NC(C)C(=O)NC2CC2)cc(NN)n1. The summed E-state index contributed by atoms with van der Waals surface area (Å²) in [6, 6.07) is 2.87. The van der Waals surface area contributed by atoms with Gasteiger partial charge in [0.2, 0.25) is 5.91 Å². The molecule has 1 unspecified atom stereocenters. The number of hydrogen-bond acceptors (Lipinski definition) is 5. The van der Waals surface area contributed by atoms with E-state index in [0.717, 1.165) is 12.8 Å². The Balaban J connectivity index is 1.99. The molecule has 0 aliphatic heterocycles. The van der Waals surface area contributed by atoms with Gasteiger partial charge < -0.3 is 16.1 Å². The number of aromatic nitrogens is 1. The van der Waals surface area contributed by atoms with E-state index in [4.69, 9.17) is 5.84 Å².